The largest absolute Gasteiger partial charge is 0.493 e. The van der Waals surface area contributed by atoms with Crippen LogP contribution in [0.3, 0.4) is 0 Å². The van der Waals surface area contributed by atoms with Crippen LogP contribution in [0.25, 0.3) is 0 Å². The summed E-state index contributed by atoms with van der Waals surface area (Å²) in [7, 11) is 3.25. The SMILES string of the molecule is COc1ccc([C@@H]2CC(=O)C3=C(C2)Nc2n[nH]c(C)c2[C@@H]3c2ccccc2)cc1OC. The zero-order valence-corrected chi connectivity index (χ0v) is 17.9. The molecule has 5 rings (SSSR count). The molecule has 2 heterocycles. The predicted molar refractivity (Wildman–Crippen MR) is 119 cm³/mol. The molecule has 2 N–H and O–H groups in total. The number of aromatic nitrogens is 2. The second-order valence-electron chi connectivity index (χ2n) is 8.11. The summed E-state index contributed by atoms with van der Waals surface area (Å²) < 4.78 is 10.8. The van der Waals surface area contributed by atoms with Gasteiger partial charge in [0, 0.05) is 34.9 Å². The summed E-state index contributed by atoms with van der Waals surface area (Å²) in [4.78, 5) is 13.5. The van der Waals surface area contributed by atoms with E-state index in [0.29, 0.717) is 17.9 Å². The maximum Gasteiger partial charge on any atom is 0.162 e. The minimum absolute atomic E-state index is 0.0663. The molecule has 0 amide bonds. The van der Waals surface area contributed by atoms with Gasteiger partial charge >= 0.3 is 0 Å². The Kier molecular flexibility index (Phi) is 4.77. The van der Waals surface area contributed by atoms with Crippen molar-refractivity contribution in [3.05, 3.63) is 82.2 Å². The third-order valence-electron chi connectivity index (χ3n) is 6.36. The van der Waals surface area contributed by atoms with E-state index in [1.54, 1.807) is 14.2 Å². The predicted octanol–water partition coefficient (Wildman–Crippen LogP) is 4.69. The molecule has 3 aromatic rings. The molecule has 1 aromatic heterocycles. The number of Topliss-reactive ketones (excluding diaryl/α,β-unsaturated/α-hetero) is 1. The summed E-state index contributed by atoms with van der Waals surface area (Å²) in [5.41, 5.74) is 6.05. The van der Waals surface area contributed by atoms with Crippen molar-refractivity contribution in [3.63, 3.8) is 0 Å². The number of hydrogen-bond acceptors (Lipinski definition) is 5. The Balaban J connectivity index is 1.57. The van der Waals surface area contributed by atoms with Crippen molar-refractivity contribution >= 4 is 11.6 Å². The van der Waals surface area contributed by atoms with Gasteiger partial charge in [-0.15, -0.1) is 0 Å². The summed E-state index contributed by atoms with van der Waals surface area (Å²) in [6.07, 6.45) is 1.21. The average Bonchev–Trinajstić information content (AvgIpc) is 3.17. The number of nitrogens with one attached hydrogen (secondary N) is 2. The highest BCUT2D eigenvalue weighted by Crippen LogP contribution is 2.48. The molecular formula is C25H25N3O3. The number of aromatic amines is 1. The zero-order valence-electron chi connectivity index (χ0n) is 17.9. The van der Waals surface area contributed by atoms with Gasteiger partial charge < -0.3 is 14.8 Å². The van der Waals surface area contributed by atoms with Crippen LogP contribution in [0.1, 0.15) is 47.1 Å². The normalized spacial score (nSPS) is 20.0. The Bertz CT molecular complexity index is 1180. The Morgan fingerprint density at radius 2 is 1.74 bits per heavy atom. The number of allylic oxidation sites excluding steroid dienone is 2. The molecule has 6 heteroatoms. The number of anilines is 1. The number of rotatable bonds is 4. The van der Waals surface area contributed by atoms with Gasteiger partial charge in [0.1, 0.15) is 0 Å². The third kappa shape index (κ3) is 3.19. The number of carbonyl (C=O) groups excluding carboxylic acids is 1. The van der Waals surface area contributed by atoms with Gasteiger partial charge in [0.25, 0.3) is 0 Å². The first-order valence-corrected chi connectivity index (χ1v) is 10.5. The molecule has 0 fully saturated rings. The van der Waals surface area contributed by atoms with Crippen LogP contribution in [0, 0.1) is 6.92 Å². The van der Waals surface area contributed by atoms with Crippen LogP contribution >= 0.6 is 0 Å². The molecule has 158 valence electrons. The van der Waals surface area contributed by atoms with Crippen molar-refractivity contribution in [2.75, 3.05) is 19.5 Å². The Morgan fingerprint density at radius 3 is 2.48 bits per heavy atom. The highest BCUT2D eigenvalue weighted by molar-refractivity contribution is 6.01. The molecule has 0 bridgehead atoms. The van der Waals surface area contributed by atoms with Crippen molar-refractivity contribution in [1.29, 1.82) is 0 Å². The highest BCUT2D eigenvalue weighted by Gasteiger charge is 2.40. The van der Waals surface area contributed by atoms with Crippen LogP contribution in [0.15, 0.2) is 59.8 Å². The summed E-state index contributed by atoms with van der Waals surface area (Å²) >= 11 is 0. The molecule has 0 unspecified atom stereocenters. The van der Waals surface area contributed by atoms with E-state index in [-0.39, 0.29) is 17.6 Å². The Labute approximate surface area is 181 Å². The van der Waals surface area contributed by atoms with Gasteiger partial charge in [-0.05, 0) is 42.5 Å². The Hall–Kier alpha value is -3.54. The lowest BCUT2D eigenvalue weighted by Gasteiger charge is -2.35. The minimum Gasteiger partial charge on any atom is -0.493 e. The first-order chi connectivity index (χ1) is 15.1. The number of carbonyl (C=O) groups is 1. The summed E-state index contributed by atoms with van der Waals surface area (Å²) in [6, 6.07) is 16.1. The molecule has 6 nitrogen and oxygen atoms in total. The van der Waals surface area contributed by atoms with Crippen molar-refractivity contribution in [2.24, 2.45) is 0 Å². The van der Waals surface area contributed by atoms with Gasteiger partial charge in [-0.1, -0.05) is 36.4 Å². The van der Waals surface area contributed by atoms with E-state index in [1.165, 1.54) is 0 Å². The minimum atomic E-state index is -0.106. The van der Waals surface area contributed by atoms with Gasteiger partial charge in [-0.2, -0.15) is 5.10 Å². The molecule has 0 radical (unpaired) electrons. The van der Waals surface area contributed by atoms with E-state index in [2.05, 4.69) is 27.6 Å². The number of aryl methyl sites for hydroxylation is 1. The fourth-order valence-corrected chi connectivity index (χ4v) is 4.88. The van der Waals surface area contributed by atoms with Crippen LogP contribution in [0.2, 0.25) is 0 Å². The van der Waals surface area contributed by atoms with E-state index in [0.717, 1.165) is 45.9 Å². The smallest absolute Gasteiger partial charge is 0.162 e. The van der Waals surface area contributed by atoms with Crippen molar-refractivity contribution < 1.29 is 14.3 Å². The number of benzene rings is 2. The van der Waals surface area contributed by atoms with Gasteiger partial charge in [0.15, 0.2) is 23.1 Å². The molecule has 0 saturated carbocycles. The zero-order chi connectivity index (χ0) is 21.5. The van der Waals surface area contributed by atoms with Crippen LogP contribution in [0.4, 0.5) is 5.82 Å². The molecule has 1 aliphatic carbocycles. The second kappa shape index (κ2) is 7.61. The van der Waals surface area contributed by atoms with Crippen molar-refractivity contribution in [1.82, 2.24) is 10.2 Å². The molecule has 0 saturated heterocycles. The Morgan fingerprint density at radius 1 is 0.968 bits per heavy atom. The number of ether oxygens (including phenoxy) is 2. The number of hydrogen-bond donors (Lipinski definition) is 2. The van der Waals surface area contributed by atoms with Gasteiger partial charge in [0.2, 0.25) is 0 Å². The molecule has 2 aromatic carbocycles. The topological polar surface area (TPSA) is 76.2 Å². The summed E-state index contributed by atoms with van der Waals surface area (Å²) in [6.45, 7) is 2.01. The summed E-state index contributed by atoms with van der Waals surface area (Å²) in [5.74, 6) is 2.31. The van der Waals surface area contributed by atoms with Gasteiger partial charge in [-0.25, -0.2) is 0 Å². The average molecular weight is 415 g/mol. The van der Waals surface area contributed by atoms with E-state index >= 15 is 0 Å². The van der Waals surface area contributed by atoms with Crippen LogP contribution in [0.5, 0.6) is 11.5 Å². The van der Waals surface area contributed by atoms with E-state index in [4.69, 9.17) is 9.47 Å². The fourth-order valence-electron chi connectivity index (χ4n) is 4.88. The molecule has 2 aliphatic rings. The number of fused-ring (bicyclic) bond motifs is 1. The van der Waals surface area contributed by atoms with Crippen molar-refractivity contribution in [3.8, 4) is 11.5 Å². The molecule has 1 aliphatic heterocycles. The molecule has 2 atom stereocenters. The van der Waals surface area contributed by atoms with Crippen LogP contribution in [-0.2, 0) is 4.79 Å². The lowest BCUT2D eigenvalue weighted by molar-refractivity contribution is -0.116. The van der Waals surface area contributed by atoms with E-state index < -0.39 is 0 Å². The first kappa shape index (κ1) is 19.4. The van der Waals surface area contributed by atoms with Crippen molar-refractivity contribution in [2.45, 2.75) is 31.6 Å². The lowest BCUT2D eigenvalue weighted by atomic mass is 9.72. The molecule has 0 spiro atoms. The van der Waals surface area contributed by atoms with E-state index in [9.17, 15) is 4.79 Å². The number of nitrogens with zero attached hydrogens (tertiary/aromatic N) is 1. The molecular weight excluding hydrogens is 390 g/mol. The van der Waals surface area contributed by atoms with Gasteiger partial charge in [-0.3, -0.25) is 9.89 Å². The number of methoxy groups -OCH3 is 2. The monoisotopic (exact) mass is 415 g/mol. The van der Waals surface area contributed by atoms with Crippen LogP contribution < -0.4 is 14.8 Å². The number of ketones is 1. The summed E-state index contributed by atoms with van der Waals surface area (Å²) in [5, 5.41) is 11.0. The van der Waals surface area contributed by atoms with E-state index in [1.807, 2.05) is 43.3 Å². The first-order valence-electron chi connectivity index (χ1n) is 10.5. The quantitative estimate of drug-likeness (QED) is 0.646. The highest BCUT2D eigenvalue weighted by atomic mass is 16.5. The lowest BCUT2D eigenvalue weighted by Crippen LogP contribution is -2.29. The maximum atomic E-state index is 13.5. The third-order valence-corrected chi connectivity index (χ3v) is 6.36. The second-order valence-corrected chi connectivity index (χ2v) is 8.11. The number of H-pyrrole nitrogens is 1. The standard InChI is InChI=1S/C25H25N3O3/c1-14-22-23(15-7-5-4-6-8-15)24-18(26-25(22)28-27-14)11-17(12-19(24)29)16-9-10-20(30-2)21(13-16)31-3/h4-10,13,17,23H,11-12H2,1-3H3,(H2,26,27,28)/t17-,23-/m0/s1. The maximum absolute atomic E-state index is 13.5. The fraction of sp³-hybridized carbons (Fsp3) is 0.280. The van der Waals surface area contributed by atoms with Crippen LogP contribution in [-0.4, -0.2) is 30.2 Å². The molecule has 31 heavy (non-hydrogen) atoms. The van der Waals surface area contributed by atoms with Gasteiger partial charge in [0.05, 0.1) is 14.2 Å².